The topological polar surface area (TPSA) is 29.1 Å². The Hall–Kier alpha value is -2.06. The molecule has 0 amide bonds. The third kappa shape index (κ3) is 3.72. The molecular weight excluding hydrogens is 270 g/mol. The smallest absolute Gasteiger partial charge is 0.169 e. The lowest BCUT2D eigenvalue weighted by atomic mass is 9.98. The van der Waals surface area contributed by atoms with E-state index in [1.165, 1.54) is 0 Å². The average Bonchev–Trinajstić information content (AvgIpc) is 2.48. The van der Waals surface area contributed by atoms with Gasteiger partial charge in [-0.3, -0.25) is 4.79 Å². The zero-order valence-electron chi connectivity index (χ0n) is 11.3. The molecule has 0 saturated carbocycles. The third-order valence-electron chi connectivity index (χ3n) is 2.95. The van der Waals surface area contributed by atoms with Crippen LogP contribution in [0.1, 0.15) is 11.1 Å². The van der Waals surface area contributed by atoms with E-state index < -0.39 is 0 Å². The second-order valence-electron chi connectivity index (χ2n) is 4.44. The van der Waals surface area contributed by atoms with Crippen molar-refractivity contribution < 1.29 is 4.79 Å². The van der Waals surface area contributed by atoms with Gasteiger partial charge in [0.05, 0.1) is 0 Å². The first kappa shape index (κ1) is 14.4. The van der Waals surface area contributed by atoms with Crippen LogP contribution in [0.2, 0.25) is 5.02 Å². The molecule has 0 aliphatic carbocycles. The molecule has 102 valence electrons. The Morgan fingerprint density at radius 2 is 1.75 bits per heavy atom. The van der Waals surface area contributed by atoms with E-state index in [2.05, 4.69) is 5.32 Å². The maximum Gasteiger partial charge on any atom is 0.169 e. The Kier molecular flexibility index (Phi) is 4.97. The van der Waals surface area contributed by atoms with Gasteiger partial charge in [-0.05, 0) is 23.3 Å². The summed E-state index contributed by atoms with van der Waals surface area (Å²) >= 11 is 5.85. The number of benzene rings is 2. The van der Waals surface area contributed by atoms with Crippen LogP contribution in [0, 0.1) is 0 Å². The number of halogens is 1. The summed E-state index contributed by atoms with van der Waals surface area (Å²) in [6.07, 6.45) is 2.10. The highest BCUT2D eigenvalue weighted by Crippen LogP contribution is 2.18. The number of allylic oxidation sites excluding steroid dienone is 1. The van der Waals surface area contributed by atoms with Gasteiger partial charge in [-0.25, -0.2) is 0 Å². The number of carbonyl (C=O) groups is 1. The lowest BCUT2D eigenvalue weighted by molar-refractivity contribution is -0.113. The van der Waals surface area contributed by atoms with Crippen LogP contribution in [0.25, 0.3) is 5.57 Å². The van der Waals surface area contributed by atoms with Crippen molar-refractivity contribution in [1.82, 2.24) is 5.32 Å². The van der Waals surface area contributed by atoms with Gasteiger partial charge in [-0.15, -0.1) is 0 Å². The highest BCUT2D eigenvalue weighted by molar-refractivity contribution is 6.30. The molecule has 2 aromatic carbocycles. The van der Waals surface area contributed by atoms with Gasteiger partial charge in [0.1, 0.15) is 0 Å². The van der Waals surface area contributed by atoms with Crippen molar-refractivity contribution in [3.63, 3.8) is 0 Å². The van der Waals surface area contributed by atoms with Crippen LogP contribution in [0.4, 0.5) is 0 Å². The number of carbonyl (C=O) groups excluding carboxylic acids is 1. The second-order valence-corrected chi connectivity index (χ2v) is 4.88. The zero-order chi connectivity index (χ0) is 14.4. The lowest BCUT2D eigenvalue weighted by Gasteiger charge is -2.07. The van der Waals surface area contributed by atoms with Crippen LogP contribution in [0.15, 0.2) is 60.8 Å². The van der Waals surface area contributed by atoms with Crippen molar-refractivity contribution in [2.45, 2.75) is 6.42 Å². The van der Waals surface area contributed by atoms with Gasteiger partial charge in [0, 0.05) is 30.3 Å². The molecule has 0 fully saturated rings. The minimum absolute atomic E-state index is 0.0767. The Morgan fingerprint density at radius 3 is 2.35 bits per heavy atom. The predicted molar refractivity (Wildman–Crippen MR) is 83.6 cm³/mol. The van der Waals surface area contributed by atoms with Crippen molar-refractivity contribution in [3.8, 4) is 0 Å². The maximum absolute atomic E-state index is 12.4. The third-order valence-corrected chi connectivity index (χ3v) is 3.20. The molecule has 20 heavy (non-hydrogen) atoms. The van der Waals surface area contributed by atoms with Crippen LogP contribution in [0.3, 0.4) is 0 Å². The summed E-state index contributed by atoms with van der Waals surface area (Å²) in [5, 5.41) is 3.61. The Morgan fingerprint density at radius 1 is 1.10 bits per heavy atom. The molecule has 3 heteroatoms. The van der Waals surface area contributed by atoms with E-state index in [9.17, 15) is 4.79 Å². The number of nitrogens with one attached hydrogen (secondary N) is 1. The molecule has 0 bridgehead atoms. The van der Waals surface area contributed by atoms with Crippen molar-refractivity contribution in [2.75, 3.05) is 7.05 Å². The minimum atomic E-state index is 0.0767. The number of rotatable bonds is 5. The molecule has 0 spiro atoms. The summed E-state index contributed by atoms with van der Waals surface area (Å²) in [5.74, 6) is 0.0767. The number of Topliss-reactive ketones (excluding diaryl/α,β-unsaturated/α-hetero) is 1. The van der Waals surface area contributed by atoms with Crippen LogP contribution in [-0.4, -0.2) is 12.8 Å². The van der Waals surface area contributed by atoms with Crippen LogP contribution in [0.5, 0.6) is 0 Å². The standard InChI is InChI=1S/C17H16ClNO/c1-19-12-16(14-5-3-2-4-6-14)17(20)11-13-7-9-15(18)10-8-13/h2-10,12,19H,11H2,1H3. The summed E-state index contributed by atoms with van der Waals surface area (Å²) in [5.41, 5.74) is 2.56. The molecule has 0 unspecified atom stereocenters. The van der Waals surface area contributed by atoms with E-state index >= 15 is 0 Å². The first-order valence-corrected chi connectivity index (χ1v) is 6.79. The first-order valence-electron chi connectivity index (χ1n) is 6.41. The predicted octanol–water partition coefficient (Wildman–Crippen LogP) is 3.71. The summed E-state index contributed by atoms with van der Waals surface area (Å²) in [7, 11) is 1.79. The normalized spacial score (nSPS) is 11.2. The SMILES string of the molecule is CNC=C(C(=O)Cc1ccc(Cl)cc1)c1ccccc1. The molecular formula is C17H16ClNO. The molecule has 0 radical (unpaired) electrons. The molecule has 0 aliphatic heterocycles. The van der Waals surface area contributed by atoms with E-state index in [0.717, 1.165) is 11.1 Å². The van der Waals surface area contributed by atoms with Gasteiger partial charge in [0.15, 0.2) is 5.78 Å². The van der Waals surface area contributed by atoms with Crippen LogP contribution >= 0.6 is 11.6 Å². The van der Waals surface area contributed by atoms with E-state index in [4.69, 9.17) is 11.6 Å². The fraction of sp³-hybridized carbons (Fsp3) is 0.118. The first-order chi connectivity index (χ1) is 9.70. The van der Waals surface area contributed by atoms with Gasteiger partial charge in [0.25, 0.3) is 0 Å². The van der Waals surface area contributed by atoms with Crippen molar-refractivity contribution >= 4 is 23.0 Å². The summed E-state index contributed by atoms with van der Waals surface area (Å²) in [4.78, 5) is 12.4. The van der Waals surface area contributed by atoms with Crippen molar-refractivity contribution in [3.05, 3.63) is 76.9 Å². The number of hydrogen-bond acceptors (Lipinski definition) is 2. The van der Waals surface area contributed by atoms with Gasteiger partial charge >= 0.3 is 0 Å². The number of hydrogen-bond donors (Lipinski definition) is 1. The Balaban J connectivity index is 2.20. The fourth-order valence-electron chi connectivity index (χ4n) is 1.97. The quantitative estimate of drug-likeness (QED) is 0.849. The molecule has 2 nitrogen and oxygen atoms in total. The summed E-state index contributed by atoms with van der Waals surface area (Å²) in [6, 6.07) is 17.0. The van der Waals surface area contributed by atoms with Gasteiger partial charge in [-0.2, -0.15) is 0 Å². The molecule has 1 N–H and O–H groups in total. The number of ketones is 1. The molecule has 0 heterocycles. The van der Waals surface area contributed by atoms with E-state index in [-0.39, 0.29) is 5.78 Å². The van der Waals surface area contributed by atoms with Gasteiger partial charge in [-0.1, -0.05) is 54.1 Å². The highest BCUT2D eigenvalue weighted by Gasteiger charge is 2.12. The van der Waals surface area contributed by atoms with Gasteiger partial charge < -0.3 is 5.32 Å². The Bertz CT molecular complexity index is 603. The largest absolute Gasteiger partial charge is 0.393 e. The van der Waals surface area contributed by atoms with E-state index in [1.54, 1.807) is 25.4 Å². The van der Waals surface area contributed by atoms with E-state index in [0.29, 0.717) is 17.0 Å². The molecule has 0 aromatic heterocycles. The summed E-state index contributed by atoms with van der Waals surface area (Å²) in [6.45, 7) is 0. The van der Waals surface area contributed by atoms with Crippen molar-refractivity contribution in [2.24, 2.45) is 0 Å². The average molecular weight is 286 g/mol. The molecule has 2 rings (SSSR count). The minimum Gasteiger partial charge on any atom is -0.393 e. The molecule has 0 saturated heterocycles. The fourth-order valence-corrected chi connectivity index (χ4v) is 2.10. The monoisotopic (exact) mass is 285 g/mol. The molecule has 0 atom stereocenters. The Labute approximate surface area is 124 Å². The second kappa shape index (κ2) is 6.92. The van der Waals surface area contributed by atoms with Crippen LogP contribution < -0.4 is 5.32 Å². The zero-order valence-corrected chi connectivity index (χ0v) is 12.0. The van der Waals surface area contributed by atoms with Gasteiger partial charge in [0.2, 0.25) is 0 Å². The molecule has 0 aliphatic rings. The lowest BCUT2D eigenvalue weighted by Crippen LogP contribution is -2.09. The summed E-state index contributed by atoms with van der Waals surface area (Å²) < 4.78 is 0. The maximum atomic E-state index is 12.4. The molecule has 2 aromatic rings. The highest BCUT2D eigenvalue weighted by atomic mass is 35.5. The van der Waals surface area contributed by atoms with Crippen LogP contribution in [-0.2, 0) is 11.2 Å². The van der Waals surface area contributed by atoms with Crippen molar-refractivity contribution in [1.29, 1.82) is 0 Å². The van der Waals surface area contributed by atoms with E-state index in [1.807, 2.05) is 42.5 Å².